The summed E-state index contributed by atoms with van der Waals surface area (Å²) in [5, 5.41) is 6.75. The average Bonchev–Trinajstić information content (AvgIpc) is 2.60. The van der Waals surface area contributed by atoms with Crippen molar-refractivity contribution >= 4 is 29.9 Å². The van der Waals surface area contributed by atoms with E-state index in [1.165, 1.54) is 31.4 Å². The second kappa shape index (κ2) is 11.5. The highest BCUT2D eigenvalue weighted by atomic mass is 127. The van der Waals surface area contributed by atoms with Crippen LogP contribution in [0.3, 0.4) is 0 Å². The summed E-state index contributed by atoms with van der Waals surface area (Å²) in [6, 6.07) is 8.79. The molecule has 0 saturated carbocycles. The van der Waals surface area contributed by atoms with Crippen LogP contribution >= 0.6 is 24.0 Å². The zero-order valence-electron chi connectivity index (χ0n) is 15.0. The molecule has 136 valence electrons. The summed E-state index contributed by atoms with van der Waals surface area (Å²) >= 11 is 0. The van der Waals surface area contributed by atoms with Crippen LogP contribution in [0, 0.1) is 0 Å². The van der Waals surface area contributed by atoms with E-state index in [-0.39, 0.29) is 24.0 Å². The quantitative estimate of drug-likeness (QED) is 0.401. The Labute approximate surface area is 163 Å². The molecule has 2 N–H and O–H groups in total. The molecular weight excluding hydrogens is 415 g/mol. The molecule has 0 radical (unpaired) electrons. The van der Waals surface area contributed by atoms with E-state index >= 15 is 0 Å². The molecular formula is C18H31IN4O. The van der Waals surface area contributed by atoms with Crippen molar-refractivity contribution in [3.63, 3.8) is 0 Å². The first kappa shape index (κ1) is 21.0. The van der Waals surface area contributed by atoms with E-state index in [0.29, 0.717) is 6.04 Å². The average molecular weight is 446 g/mol. The number of guanidine groups is 1. The summed E-state index contributed by atoms with van der Waals surface area (Å²) in [5.41, 5.74) is 1.21. The van der Waals surface area contributed by atoms with Gasteiger partial charge in [-0.3, -0.25) is 9.89 Å². The molecule has 2 rings (SSSR count). The smallest absolute Gasteiger partial charge is 0.191 e. The van der Waals surface area contributed by atoms with Gasteiger partial charge in [0, 0.05) is 32.7 Å². The standard InChI is InChI=1S/C18H30N4O.HI/c1-15-6-4-5-12-22(15)13-11-20-18(19-2)21-14-16-7-9-17(23-3)10-8-16;/h7-10,15H,4-6,11-14H2,1-3H3,(H2,19,20,21);1H. The fraction of sp³-hybridized carbons (Fsp3) is 0.611. The molecule has 1 fully saturated rings. The number of hydrogen-bond donors (Lipinski definition) is 2. The Morgan fingerprint density at radius 2 is 2.00 bits per heavy atom. The molecule has 0 spiro atoms. The normalized spacial score (nSPS) is 18.6. The topological polar surface area (TPSA) is 48.9 Å². The fourth-order valence-electron chi connectivity index (χ4n) is 2.96. The minimum absolute atomic E-state index is 0. The summed E-state index contributed by atoms with van der Waals surface area (Å²) in [4.78, 5) is 6.85. The van der Waals surface area contributed by atoms with Gasteiger partial charge in [0.2, 0.25) is 0 Å². The van der Waals surface area contributed by atoms with Gasteiger partial charge in [-0.05, 0) is 44.0 Å². The zero-order chi connectivity index (χ0) is 16.5. The van der Waals surface area contributed by atoms with Crippen LogP contribution in [0.25, 0.3) is 0 Å². The molecule has 1 unspecified atom stereocenters. The minimum Gasteiger partial charge on any atom is -0.497 e. The number of likely N-dealkylation sites (tertiary alicyclic amines) is 1. The van der Waals surface area contributed by atoms with E-state index in [1.54, 1.807) is 7.11 Å². The lowest BCUT2D eigenvalue weighted by Crippen LogP contribution is -2.45. The molecule has 1 aliphatic heterocycles. The monoisotopic (exact) mass is 446 g/mol. The summed E-state index contributed by atoms with van der Waals surface area (Å²) in [6.45, 7) is 6.30. The maximum Gasteiger partial charge on any atom is 0.191 e. The number of aliphatic imine (C=N–C) groups is 1. The fourth-order valence-corrected chi connectivity index (χ4v) is 2.96. The van der Waals surface area contributed by atoms with Gasteiger partial charge < -0.3 is 15.4 Å². The third-order valence-corrected chi connectivity index (χ3v) is 4.47. The van der Waals surface area contributed by atoms with E-state index in [1.807, 2.05) is 19.2 Å². The number of ether oxygens (including phenoxy) is 1. The summed E-state index contributed by atoms with van der Waals surface area (Å²) in [6.07, 6.45) is 4.02. The molecule has 1 saturated heterocycles. The van der Waals surface area contributed by atoms with Gasteiger partial charge in [-0.25, -0.2) is 0 Å². The van der Waals surface area contributed by atoms with Crippen LogP contribution in [0.4, 0.5) is 0 Å². The third-order valence-electron chi connectivity index (χ3n) is 4.47. The third kappa shape index (κ3) is 6.84. The molecule has 5 nitrogen and oxygen atoms in total. The van der Waals surface area contributed by atoms with Crippen LogP contribution in [0.2, 0.25) is 0 Å². The summed E-state index contributed by atoms with van der Waals surface area (Å²) in [7, 11) is 3.50. The lowest BCUT2D eigenvalue weighted by Gasteiger charge is -2.33. The van der Waals surface area contributed by atoms with Gasteiger partial charge in [0.05, 0.1) is 7.11 Å². The molecule has 0 amide bonds. The maximum atomic E-state index is 5.17. The van der Waals surface area contributed by atoms with Crippen molar-refractivity contribution in [3.05, 3.63) is 29.8 Å². The minimum atomic E-state index is 0. The first-order valence-corrected chi connectivity index (χ1v) is 8.54. The molecule has 1 aliphatic rings. The van der Waals surface area contributed by atoms with E-state index in [4.69, 9.17) is 4.74 Å². The van der Waals surface area contributed by atoms with Gasteiger partial charge in [0.1, 0.15) is 5.75 Å². The number of hydrogen-bond acceptors (Lipinski definition) is 3. The van der Waals surface area contributed by atoms with Crippen LogP contribution in [0.1, 0.15) is 31.7 Å². The Morgan fingerprint density at radius 1 is 1.25 bits per heavy atom. The van der Waals surface area contributed by atoms with Crippen LogP contribution in [-0.4, -0.2) is 50.7 Å². The second-order valence-corrected chi connectivity index (χ2v) is 6.08. The number of benzene rings is 1. The van der Waals surface area contributed by atoms with Crippen molar-refractivity contribution in [2.24, 2.45) is 4.99 Å². The van der Waals surface area contributed by atoms with Crippen molar-refractivity contribution in [1.82, 2.24) is 15.5 Å². The SMILES string of the molecule is CN=C(NCCN1CCCCC1C)NCc1ccc(OC)cc1.I. The Bertz CT molecular complexity index is 492. The van der Waals surface area contributed by atoms with Gasteiger partial charge in [-0.2, -0.15) is 0 Å². The van der Waals surface area contributed by atoms with Gasteiger partial charge in [0.25, 0.3) is 0 Å². The largest absolute Gasteiger partial charge is 0.497 e. The highest BCUT2D eigenvalue weighted by Gasteiger charge is 2.17. The molecule has 0 aliphatic carbocycles. The second-order valence-electron chi connectivity index (χ2n) is 6.08. The molecule has 6 heteroatoms. The molecule has 1 atom stereocenters. The van der Waals surface area contributed by atoms with Crippen molar-refractivity contribution in [2.45, 2.75) is 38.8 Å². The van der Waals surface area contributed by atoms with E-state index < -0.39 is 0 Å². The lowest BCUT2D eigenvalue weighted by molar-refractivity contribution is 0.163. The van der Waals surface area contributed by atoms with Crippen LogP contribution in [0.15, 0.2) is 29.3 Å². The van der Waals surface area contributed by atoms with Gasteiger partial charge >= 0.3 is 0 Å². The Balaban J connectivity index is 0.00000288. The molecule has 1 heterocycles. The Kier molecular flexibility index (Phi) is 10.1. The molecule has 1 aromatic rings. The van der Waals surface area contributed by atoms with Gasteiger partial charge in [-0.15, -0.1) is 24.0 Å². The van der Waals surface area contributed by atoms with E-state index in [2.05, 4.69) is 39.6 Å². The van der Waals surface area contributed by atoms with Crippen molar-refractivity contribution < 1.29 is 4.74 Å². The number of rotatable bonds is 6. The zero-order valence-corrected chi connectivity index (χ0v) is 17.4. The highest BCUT2D eigenvalue weighted by Crippen LogP contribution is 2.15. The highest BCUT2D eigenvalue weighted by molar-refractivity contribution is 14.0. The van der Waals surface area contributed by atoms with Crippen LogP contribution in [-0.2, 0) is 6.54 Å². The first-order chi connectivity index (χ1) is 11.2. The summed E-state index contributed by atoms with van der Waals surface area (Å²) in [5.74, 6) is 1.73. The van der Waals surface area contributed by atoms with Crippen molar-refractivity contribution in [3.8, 4) is 5.75 Å². The molecule has 1 aromatic carbocycles. The Hall–Kier alpha value is -1.02. The molecule has 0 bridgehead atoms. The van der Waals surface area contributed by atoms with E-state index in [0.717, 1.165) is 31.3 Å². The van der Waals surface area contributed by atoms with Gasteiger partial charge in [0.15, 0.2) is 5.96 Å². The number of piperidine rings is 1. The van der Waals surface area contributed by atoms with E-state index in [9.17, 15) is 0 Å². The van der Waals surface area contributed by atoms with Gasteiger partial charge in [-0.1, -0.05) is 18.6 Å². The van der Waals surface area contributed by atoms with Crippen LogP contribution in [0.5, 0.6) is 5.75 Å². The number of nitrogens with one attached hydrogen (secondary N) is 2. The number of methoxy groups -OCH3 is 1. The van der Waals surface area contributed by atoms with Crippen molar-refractivity contribution in [2.75, 3.05) is 33.8 Å². The van der Waals surface area contributed by atoms with Crippen LogP contribution < -0.4 is 15.4 Å². The summed E-state index contributed by atoms with van der Waals surface area (Å²) < 4.78 is 5.17. The first-order valence-electron chi connectivity index (χ1n) is 8.54. The predicted octanol–water partition coefficient (Wildman–Crippen LogP) is 2.85. The molecule has 24 heavy (non-hydrogen) atoms. The molecule has 0 aromatic heterocycles. The lowest BCUT2D eigenvalue weighted by atomic mass is 10.0. The Morgan fingerprint density at radius 3 is 2.62 bits per heavy atom. The predicted molar refractivity (Wildman–Crippen MR) is 111 cm³/mol. The maximum absolute atomic E-state index is 5.17. The number of halogens is 1. The number of nitrogens with zero attached hydrogens (tertiary/aromatic N) is 2. The van der Waals surface area contributed by atoms with Crippen molar-refractivity contribution in [1.29, 1.82) is 0 Å².